The number of aromatic nitrogens is 3. The molecular weight excluding hydrogens is 502 g/mol. The highest BCUT2D eigenvalue weighted by Crippen LogP contribution is 2.48. The number of benzene rings is 1. The molecular formula is C21H18F6N4O3S. The summed E-state index contributed by atoms with van der Waals surface area (Å²) in [6, 6.07) is 2.54. The molecule has 2 aromatic heterocycles. The fourth-order valence-electron chi connectivity index (χ4n) is 3.85. The average molecular weight is 520 g/mol. The average Bonchev–Trinajstić information content (AvgIpc) is 3.54. The van der Waals surface area contributed by atoms with Gasteiger partial charge in [-0.15, -0.1) is 0 Å². The number of hydrogen-bond donors (Lipinski definition) is 1. The van der Waals surface area contributed by atoms with E-state index in [1.54, 1.807) is 0 Å². The standard InChI is InChI=1S/C21H18F6N4O3S/c1-10(12-4-3-5-15(17(12)22)35(33,34)21(25,26)27)28-18-13-9-31(20(6-7-20)19(23)24)16(32)8-14(13)29-11(2)30-18/h3-5,8-10,19H,6-7H2,1-2H3,(H,28,29,30)/t10-/m1/s1. The zero-order valence-corrected chi connectivity index (χ0v) is 19.0. The van der Waals surface area contributed by atoms with E-state index in [9.17, 15) is 39.6 Å². The fourth-order valence-corrected chi connectivity index (χ4v) is 4.71. The van der Waals surface area contributed by atoms with Crippen molar-refractivity contribution in [1.82, 2.24) is 14.5 Å². The first kappa shape index (κ1) is 24.9. The Kier molecular flexibility index (Phi) is 5.85. The Hall–Kier alpha value is -3.16. The highest BCUT2D eigenvalue weighted by Gasteiger charge is 2.53. The van der Waals surface area contributed by atoms with E-state index in [1.165, 1.54) is 20.0 Å². The topological polar surface area (TPSA) is 94.0 Å². The maximum Gasteiger partial charge on any atom is 0.502 e. The number of hydrogen-bond acceptors (Lipinski definition) is 6. The zero-order chi connectivity index (χ0) is 25.9. The number of alkyl halides is 5. The summed E-state index contributed by atoms with van der Waals surface area (Å²) >= 11 is 0. The van der Waals surface area contributed by atoms with Crippen LogP contribution in [-0.2, 0) is 15.4 Å². The van der Waals surface area contributed by atoms with E-state index in [2.05, 4.69) is 15.3 Å². The lowest BCUT2D eigenvalue weighted by molar-refractivity contribution is -0.0437. The molecule has 1 aliphatic rings. The summed E-state index contributed by atoms with van der Waals surface area (Å²) in [5.41, 5.74) is -8.32. The van der Waals surface area contributed by atoms with Gasteiger partial charge in [0.05, 0.1) is 16.9 Å². The normalized spacial score (nSPS) is 16.5. The highest BCUT2D eigenvalue weighted by atomic mass is 32.2. The Bertz CT molecular complexity index is 1480. The van der Waals surface area contributed by atoms with Crippen LogP contribution in [0.15, 0.2) is 40.2 Å². The van der Waals surface area contributed by atoms with E-state index >= 15 is 0 Å². The van der Waals surface area contributed by atoms with Crippen LogP contribution in [-0.4, -0.2) is 34.9 Å². The van der Waals surface area contributed by atoms with Crippen molar-refractivity contribution in [3.8, 4) is 0 Å². The number of nitrogens with one attached hydrogen (secondary N) is 1. The second-order valence-electron chi connectivity index (χ2n) is 8.28. The first-order chi connectivity index (χ1) is 16.2. The molecule has 1 atom stereocenters. The third-order valence-corrected chi connectivity index (χ3v) is 7.40. The second-order valence-corrected chi connectivity index (χ2v) is 10.2. The first-order valence-electron chi connectivity index (χ1n) is 10.2. The van der Waals surface area contributed by atoms with Crippen LogP contribution in [0.25, 0.3) is 10.9 Å². The van der Waals surface area contributed by atoms with Gasteiger partial charge in [0.25, 0.3) is 21.8 Å². The third kappa shape index (κ3) is 4.13. The maximum absolute atomic E-state index is 14.9. The first-order valence-corrected chi connectivity index (χ1v) is 11.7. The van der Waals surface area contributed by atoms with E-state index in [0.29, 0.717) is 6.07 Å². The monoisotopic (exact) mass is 520 g/mol. The molecule has 4 rings (SSSR count). The van der Waals surface area contributed by atoms with Crippen LogP contribution >= 0.6 is 0 Å². The van der Waals surface area contributed by atoms with Crippen LogP contribution in [0.1, 0.15) is 37.2 Å². The van der Waals surface area contributed by atoms with Gasteiger partial charge in [-0.3, -0.25) is 4.79 Å². The minimum Gasteiger partial charge on any atom is -0.363 e. The summed E-state index contributed by atoms with van der Waals surface area (Å²) in [5.74, 6) is -1.41. The van der Waals surface area contributed by atoms with Gasteiger partial charge >= 0.3 is 5.51 Å². The minimum atomic E-state index is -5.94. The number of rotatable bonds is 6. The predicted molar refractivity (Wildman–Crippen MR) is 113 cm³/mol. The number of aryl methyl sites for hydroxylation is 1. The lowest BCUT2D eigenvalue weighted by Crippen LogP contribution is -2.35. The van der Waals surface area contributed by atoms with Crippen molar-refractivity contribution in [2.24, 2.45) is 0 Å². The molecule has 7 nitrogen and oxygen atoms in total. The number of halogens is 6. The molecule has 3 aromatic rings. The molecule has 1 saturated carbocycles. The van der Waals surface area contributed by atoms with E-state index in [1.807, 2.05) is 0 Å². The van der Waals surface area contributed by atoms with Gasteiger partial charge in [0.2, 0.25) is 0 Å². The molecule has 2 heterocycles. The molecule has 0 spiro atoms. The van der Waals surface area contributed by atoms with Gasteiger partial charge < -0.3 is 9.88 Å². The Morgan fingerprint density at radius 2 is 1.83 bits per heavy atom. The fraction of sp³-hybridized carbons (Fsp3) is 0.381. The van der Waals surface area contributed by atoms with Gasteiger partial charge in [-0.2, -0.15) is 13.2 Å². The number of anilines is 1. The van der Waals surface area contributed by atoms with Gasteiger partial charge in [-0.05, 0) is 32.8 Å². The van der Waals surface area contributed by atoms with E-state index < -0.39 is 55.2 Å². The molecule has 0 bridgehead atoms. The van der Waals surface area contributed by atoms with Crippen LogP contribution in [0.4, 0.5) is 32.2 Å². The molecule has 0 amide bonds. The summed E-state index contributed by atoms with van der Waals surface area (Å²) in [6.45, 7) is 2.84. The van der Waals surface area contributed by atoms with E-state index in [4.69, 9.17) is 0 Å². The van der Waals surface area contributed by atoms with Crippen LogP contribution in [0.2, 0.25) is 0 Å². The van der Waals surface area contributed by atoms with Crippen molar-refractivity contribution in [1.29, 1.82) is 0 Å². The number of sulfone groups is 1. The van der Waals surface area contributed by atoms with Crippen LogP contribution in [0, 0.1) is 12.7 Å². The summed E-state index contributed by atoms with van der Waals surface area (Å²) in [5, 5.41) is 2.92. The largest absolute Gasteiger partial charge is 0.502 e. The Labute approximate surface area is 194 Å². The van der Waals surface area contributed by atoms with Gasteiger partial charge in [0.15, 0.2) is 0 Å². The lowest BCUT2D eigenvalue weighted by atomic mass is 10.1. The molecule has 1 aliphatic carbocycles. The van der Waals surface area contributed by atoms with Crippen molar-refractivity contribution >= 4 is 26.6 Å². The van der Waals surface area contributed by atoms with Gasteiger partial charge in [-0.25, -0.2) is 31.6 Å². The van der Waals surface area contributed by atoms with E-state index in [-0.39, 0.29) is 35.4 Å². The molecule has 14 heteroatoms. The van der Waals surface area contributed by atoms with Crippen LogP contribution < -0.4 is 10.9 Å². The van der Waals surface area contributed by atoms with Crippen molar-refractivity contribution in [3.05, 3.63) is 58.0 Å². The molecule has 0 saturated heterocycles. The SMILES string of the molecule is Cc1nc(N[C@H](C)c2cccc(S(=O)(=O)C(F)(F)F)c2F)c2cn(C3(C(F)F)CC3)c(=O)cc2n1. The summed E-state index contributed by atoms with van der Waals surface area (Å²) < 4.78 is 105. The highest BCUT2D eigenvalue weighted by molar-refractivity contribution is 7.92. The smallest absolute Gasteiger partial charge is 0.363 e. The Balaban J connectivity index is 1.79. The zero-order valence-electron chi connectivity index (χ0n) is 18.2. The molecule has 0 radical (unpaired) electrons. The summed E-state index contributed by atoms with van der Waals surface area (Å²) in [6.07, 6.45) is -1.44. The Morgan fingerprint density at radius 1 is 1.17 bits per heavy atom. The summed E-state index contributed by atoms with van der Waals surface area (Å²) in [7, 11) is -5.94. The molecule has 1 aromatic carbocycles. The quantitative estimate of drug-likeness (QED) is 0.483. The Morgan fingerprint density at radius 3 is 2.40 bits per heavy atom. The van der Waals surface area contributed by atoms with Crippen LogP contribution in [0.3, 0.4) is 0 Å². The van der Waals surface area contributed by atoms with Crippen molar-refractivity contribution < 1.29 is 34.8 Å². The third-order valence-electron chi connectivity index (χ3n) is 5.90. The van der Waals surface area contributed by atoms with Gasteiger partial charge in [-0.1, -0.05) is 12.1 Å². The van der Waals surface area contributed by atoms with Gasteiger partial charge in [0.1, 0.15) is 27.9 Å². The molecule has 1 fully saturated rings. The van der Waals surface area contributed by atoms with E-state index in [0.717, 1.165) is 22.8 Å². The molecule has 0 unspecified atom stereocenters. The maximum atomic E-state index is 14.9. The van der Waals surface area contributed by atoms with Crippen molar-refractivity contribution in [3.63, 3.8) is 0 Å². The molecule has 35 heavy (non-hydrogen) atoms. The summed E-state index contributed by atoms with van der Waals surface area (Å²) in [4.78, 5) is 19.3. The minimum absolute atomic E-state index is 0.00213. The van der Waals surface area contributed by atoms with Crippen molar-refractivity contribution in [2.45, 2.75) is 55.1 Å². The molecule has 0 aliphatic heterocycles. The second kappa shape index (κ2) is 8.21. The number of fused-ring (bicyclic) bond motifs is 1. The predicted octanol–water partition coefficient (Wildman–Crippen LogP) is 4.46. The number of pyridine rings is 1. The van der Waals surface area contributed by atoms with Crippen molar-refractivity contribution in [2.75, 3.05) is 5.32 Å². The molecule has 1 N–H and O–H groups in total. The molecule has 188 valence electrons. The van der Waals surface area contributed by atoms with Gasteiger partial charge in [0, 0.05) is 17.8 Å². The van der Waals surface area contributed by atoms with Crippen LogP contribution in [0.5, 0.6) is 0 Å². The number of nitrogens with zero attached hydrogens (tertiary/aromatic N) is 3. The lowest BCUT2D eigenvalue weighted by Gasteiger charge is -2.21.